The van der Waals surface area contributed by atoms with Gasteiger partial charge in [0.05, 0.1) is 0 Å². The molecule has 1 aliphatic rings. The van der Waals surface area contributed by atoms with Gasteiger partial charge in [-0.3, -0.25) is 4.79 Å². The van der Waals surface area contributed by atoms with E-state index in [0.29, 0.717) is 18.8 Å². The van der Waals surface area contributed by atoms with Crippen LogP contribution in [0.2, 0.25) is 0 Å². The molecular formula is C21H23FN6O. The fourth-order valence-electron chi connectivity index (χ4n) is 3.76. The Morgan fingerprint density at radius 3 is 2.83 bits per heavy atom. The summed E-state index contributed by atoms with van der Waals surface area (Å²) in [5, 5.41) is 18.1. The Morgan fingerprint density at radius 1 is 1.28 bits per heavy atom. The second-order valence-electron chi connectivity index (χ2n) is 7.22. The van der Waals surface area contributed by atoms with Crippen molar-refractivity contribution in [1.82, 2.24) is 30.8 Å². The average molecular weight is 394 g/mol. The number of aryl methyl sites for hydroxylation is 1. The highest BCUT2D eigenvalue weighted by Crippen LogP contribution is 2.22. The predicted molar refractivity (Wildman–Crippen MR) is 106 cm³/mol. The van der Waals surface area contributed by atoms with E-state index in [1.165, 1.54) is 27.9 Å². The molecule has 0 aliphatic carbocycles. The minimum absolute atomic E-state index is 0.0605. The quantitative estimate of drug-likeness (QED) is 0.667. The van der Waals surface area contributed by atoms with E-state index < -0.39 is 6.04 Å². The number of tetrazole rings is 1. The number of halogens is 1. The van der Waals surface area contributed by atoms with Crippen molar-refractivity contribution in [1.29, 1.82) is 0 Å². The van der Waals surface area contributed by atoms with E-state index in [9.17, 15) is 9.18 Å². The number of rotatable bonds is 6. The lowest BCUT2D eigenvalue weighted by molar-refractivity contribution is -0.124. The molecule has 0 spiro atoms. The van der Waals surface area contributed by atoms with Crippen LogP contribution >= 0.6 is 0 Å². The topological polar surface area (TPSA) is 84.7 Å². The van der Waals surface area contributed by atoms with E-state index >= 15 is 0 Å². The molecular weight excluding hydrogens is 371 g/mol. The first-order valence-electron chi connectivity index (χ1n) is 9.69. The number of aromatic nitrogens is 4. The molecule has 0 saturated heterocycles. The third-order valence-corrected chi connectivity index (χ3v) is 5.29. The summed E-state index contributed by atoms with van der Waals surface area (Å²) >= 11 is 0. The summed E-state index contributed by atoms with van der Waals surface area (Å²) < 4.78 is 14.8. The molecule has 0 bridgehead atoms. The highest BCUT2D eigenvalue weighted by Gasteiger charge is 2.26. The van der Waals surface area contributed by atoms with Gasteiger partial charge in [0.25, 0.3) is 0 Å². The number of fused-ring (bicyclic) bond motifs is 1. The van der Waals surface area contributed by atoms with E-state index in [-0.39, 0.29) is 17.8 Å². The highest BCUT2D eigenvalue weighted by atomic mass is 19.1. The second-order valence-corrected chi connectivity index (χ2v) is 7.22. The standard InChI is InChI=1S/C21H23FN6O/c1-14-25-26-27-28(14)20(12-15-6-8-17(22)9-7-15)21(29)24-13-19-18-5-3-2-4-16(18)10-11-23-19/h2-9,19-20,23H,10-13H2,1H3,(H,24,29). The fraction of sp³-hybridized carbons (Fsp3) is 0.333. The van der Waals surface area contributed by atoms with Gasteiger partial charge in [-0.15, -0.1) is 5.10 Å². The first kappa shape index (κ1) is 19.2. The van der Waals surface area contributed by atoms with Crippen LogP contribution in [-0.4, -0.2) is 39.2 Å². The molecule has 150 valence electrons. The Labute approximate surface area is 168 Å². The van der Waals surface area contributed by atoms with Crippen LogP contribution in [0.15, 0.2) is 48.5 Å². The number of hydrogen-bond acceptors (Lipinski definition) is 5. The smallest absolute Gasteiger partial charge is 0.245 e. The van der Waals surface area contributed by atoms with Gasteiger partial charge in [0.2, 0.25) is 5.91 Å². The van der Waals surface area contributed by atoms with Crippen LogP contribution < -0.4 is 10.6 Å². The maximum absolute atomic E-state index is 13.2. The summed E-state index contributed by atoms with van der Waals surface area (Å²) in [4.78, 5) is 13.1. The van der Waals surface area contributed by atoms with Crippen molar-refractivity contribution in [3.05, 3.63) is 76.9 Å². The van der Waals surface area contributed by atoms with Crippen molar-refractivity contribution in [3.63, 3.8) is 0 Å². The van der Waals surface area contributed by atoms with Crippen molar-refractivity contribution < 1.29 is 9.18 Å². The third kappa shape index (κ3) is 4.32. The molecule has 1 amide bonds. The number of amides is 1. The van der Waals surface area contributed by atoms with Crippen molar-refractivity contribution in [2.24, 2.45) is 0 Å². The molecule has 2 unspecified atom stereocenters. The molecule has 0 radical (unpaired) electrons. The van der Waals surface area contributed by atoms with Crippen LogP contribution in [-0.2, 0) is 17.6 Å². The number of hydrogen-bond donors (Lipinski definition) is 2. The first-order chi connectivity index (χ1) is 14.1. The average Bonchev–Trinajstić information content (AvgIpc) is 3.17. The molecule has 2 aromatic carbocycles. The van der Waals surface area contributed by atoms with Gasteiger partial charge in [-0.2, -0.15) is 0 Å². The van der Waals surface area contributed by atoms with Crippen molar-refractivity contribution in [2.75, 3.05) is 13.1 Å². The number of nitrogens with zero attached hydrogens (tertiary/aromatic N) is 4. The number of carbonyl (C=O) groups excluding carboxylic acids is 1. The van der Waals surface area contributed by atoms with Crippen LogP contribution in [0, 0.1) is 12.7 Å². The molecule has 1 aliphatic heterocycles. The van der Waals surface area contributed by atoms with Crippen molar-refractivity contribution in [3.8, 4) is 0 Å². The Bertz CT molecular complexity index is 987. The SMILES string of the molecule is Cc1nnnn1C(Cc1ccc(F)cc1)C(=O)NCC1NCCc2ccccc21. The van der Waals surface area contributed by atoms with Crippen LogP contribution in [0.25, 0.3) is 0 Å². The second kappa shape index (κ2) is 8.48. The molecule has 3 aromatic rings. The van der Waals surface area contributed by atoms with E-state index in [0.717, 1.165) is 18.5 Å². The van der Waals surface area contributed by atoms with E-state index in [4.69, 9.17) is 0 Å². The van der Waals surface area contributed by atoms with Gasteiger partial charge in [0.15, 0.2) is 0 Å². The number of carbonyl (C=O) groups is 1. The van der Waals surface area contributed by atoms with Gasteiger partial charge in [0, 0.05) is 19.0 Å². The maximum atomic E-state index is 13.2. The summed E-state index contributed by atoms with van der Waals surface area (Å²) in [7, 11) is 0. The lowest BCUT2D eigenvalue weighted by Crippen LogP contribution is -2.42. The van der Waals surface area contributed by atoms with Gasteiger partial charge in [-0.05, 0) is 59.1 Å². The molecule has 0 fully saturated rings. The summed E-state index contributed by atoms with van der Waals surface area (Å²) in [6.07, 6.45) is 1.35. The molecule has 29 heavy (non-hydrogen) atoms. The van der Waals surface area contributed by atoms with Gasteiger partial charge in [-0.1, -0.05) is 36.4 Å². The largest absolute Gasteiger partial charge is 0.352 e. The number of benzene rings is 2. The zero-order valence-electron chi connectivity index (χ0n) is 16.2. The summed E-state index contributed by atoms with van der Waals surface area (Å²) in [5.41, 5.74) is 3.36. The van der Waals surface area contributed by atoms with E-state index in [1.807, 2.05) is 12.1 Å². The van der Waals surface area contributed by atoms with Crippen molar-refractivity contribution in [2.45, 2.75) is 31.8 Å². The van der Waals surface area contributed by atoms with Gasteiger partial charge in [0.1, 0.15) is 17.7 Å². The van der Waals surface area contributed by atoms with Gasteiger partial charge < -0.3 is 10.6 Å². The zero-order chi connectivity index (χ0) is 20.2. The van der Waals surface area contributed by atoms with Gasteiger partial charge in [-0.25, -0.2) is 9.07 Å². The monoisotopic (exact) mass is 394 g/mol. The minimum atomic E-state index is -0.616. The van der Waals surface area contributed by atoms with Crippen molar-refractivity contribution >= 4 is 5.91 Å². The van der Waals surface area contributed by atoms with Crippen LogP contribution in [0.3, 0.4) is 0 Å². The molecule has 8 heteroatoms. The highest BCUT2D eigenvalue weighted by molar-refractivity contribution is 5.80. The van der Waals surface area contributed by atoms with Gasteiger partial charge >= 0.3 is 0 Å². The Kier molecular flexibility index (Phi) is 5.62. The Morgan fingerprint density at radius 2 is 2.07 bits per heavy atom. The molecule has 2 atom stereocenters. The molecule has 2 N–H and O–H groups in total. The van der Waals surface area contributed by atoms with Crippen LogP contribution in [0.1, 0.15) is 34.6 Å². The molecule has 2 heterocycles. The summed E-state index contributed by atoms with van der Waals surface area (Å²) in [6.45, 7) is 3.10. The van der Waals surface area contributed by atoms with E-state index in [1.54, 1.807) is 19.1 Å². The lowest BCUT2D eigenvalue weighted by atomic mass is 9.94. The Balaban J connectivity index is 1.50. The molecule has 0 saturated carbocycles. The third-order valence-electron chi connectivity index (χ3n) is 5.29. The minimum Gasteiger partial charge on any atom is -0.352 e. The summed E-state index contributed by atoms with van der Waals surface area (Å²) in [5.74, 6) is 0.0679. The summed E-state index contributed by atoms with van der Waals surface area (Å²) in [6, 6.07) is 13.9. The Hall–Kier alpha value is -3.13. The number of nitrogens with one attached hydrogen (secondary N) is 2. The fourth-order valence-corrected chi connectivity index (χ4v) is 3.76. The molecule has 1 aromatic heterocycles. The van der Waals surface area contributed by atoms with E-state index in [2.05, 4.69) is 38.3 Å². The normalized spacial score (nSPS) is 16.8. The maximum Gasteiger partial charge on any atom is 0.245 e. The zero-order valence-corrected chi connectivity index (χ0v) is 16.2. The van der Waals surface area contributed by atoms with Crippen LogP contribution in [0.5, 0.6) is 0 Å². The molecule has 7 nitrogen and oxygen atoms in total. The lowest BCUT2D eigenvalue weighted by Gasteiger charge is -2.28. The first-order valence-corrected chi connectivity index (χ1v) is 9.69. The predicted octanol–water partition coefficient (Wildman–Crippen LogP) is 1.91. The molecule has 4 rings (SSSR count). The van der Waals surface area contributed by atoms with Crippen LogP contribution in [0.4, 0.5) is 4.39 Å².